The molecule has 0 aromatic carbocycles. The van der Waals surface area contributed by atoms with E-state index in [1.54, 1.807) is 12.3 Å². The van der Waals surface area contributed by atoms with Gasteiger partial charge in [0.05, 0.1) is 5.69 Å². The zero-order valence-electron chi connectivity index (χ0n) is 18.6. The van der Waals surface area contributed by atoms with Crippen LogP contribution in [0.4, 0.5) is 17.2 Å². The lowest BCUT2D eigenvalue weighted by Crippen LogP contribution is -2.45. The van der Waals surface area contributed by atoms with Gasteiger partial charge in [-0.15, -0.1) is 11.3 Å². The molecule has 0 bridgehead atoms. The standard InChI is InChI=1S/C23H30N6O2S/c1-3-5-14-12-17(27-23-19(14)20(24)21(32-23)22(25)31)28-10-7-15(8-11-28)29(4-2)16-6-9-26-18(30)13-16/h6,9,12-13,15H,3-5,7-8,10-11,24H2,1-2H3,(H2,25,31)(H,26,30). The minimum atomic E-state index is -0.505. The molecule has 5 N–H and O–H groups in total. The Kier molecular flexibility index (Phi) is 6.36. The second-order valence-electron chi connectivity index (χ2n) is 8.19. The SMILES string of the molecule is CCCc1cc(N2CCC(N(CC)c3cc[nH]c(=O)c3)CC2)nc2sc(C(N)=O)c(N)c12. The highest BCUT2D eigenvalue weighted by molar-refractivity contribution is 7.21. The van der Waals surface area contributed by atoms with Gasteiger partial charge in [-0.2, -0.15) is 0 Å². The van der Waals surface area contributed by atoms with E-state index in [0.29, 0.717) is 16.6 Å². The lowest BCUT2D eigenvalue weighted by Gasteiger charge is -2.39. The Morgan fingerprint density at radius 1 is 1.31 bits per heavy atom. The van der Waals surface area contributed by atoms with Gasteiger partial charge in [0, 0.05) is 49.0 Å². The van der Waals surface area contributed by atoms with Gasteiger partial charge in [0.25, 0.3) is 5.91 Å². The first kappa shape index (κ1) is 22.1. The Hall–Kier alpha value is -3.07. The fourth-order valence-corrected chi connectivity index (χ4v) is 5.65. The third-order valence-electron chi connectivity index (χ3n) is 6.17. The molecule has 1 fully saturated rings. The number of nitrogens with zero attached hydrogens (tertiary/aromatic N) is 3. The fourth-order valence-electron chi connectivity index (χ4n) is 4.67. The van der Waals surface area contributed by atoms with Crippen LogP contribution < -0.4 is 26.8 Å². The summed E-state index contributed by atoms with van der Waals surface area (Å²) < 4.78 is 0. The number of H-pyrrole nitrogens is 1. The predicted octanol–water partition coefficient (Wildman–Crippen LogP) is 3.11. The number of amides is 1. The molecule has 3 aromatic rings. The zero-order valence-corrected chi connectivity index (χ0v) is 19.4. The summed E-state index contributed by atoms with van der Waals surface area (Å²) in [5.74, 6) is 0.422. The van der Waals surface area contributed by atoms with Crippen molar-refractivity contribution in [1.82, 2.24) is 9.97 Å². The van der Waals surface area contributed by atoms with Crippen molar-refractivity contribution in [1.29, 1.82) is 0 Å². The Bertz CT molecular complexity index is 1180. The van der Waals surface area contributed by atoms with Crippen LogP contribution in [0.15, 0.2) is 29.2 Å². The van der Waals surface area contributed by atoms with E-state index in [4.69, 9.17) is 16.5 Å². The predicted molar refractivity (Wildman–Crippen MR) is 132 cm³/mol. The molecule has 4 heterocycles. The van der Waals surface area contributed by atoms with Crippen LogP contribution >= 0.6 is 11.3 Å². The van der Waals surface area contributed by atoms with Crippen LogP contribution in [-0.4, -0.2) is 41.6 Å². The molecule has 170 valence electrons. The molecule has 0 saturated carbocycles. The van der Waals surface area contributed by atoms with E-state index in [1.165, 1.54) is 11.3 Å². The number of thiophene rings is 1. The number of carbonyl (C=O) groups is 1. The summed E-state index contributed by atoms with van der Waals surface area (Å²) in [7, 11) is 0. The number of pyridine rings is 2. The number of nitrogens with two attached hydrogens (primary N) is 2. The van der Waals surface area contributed by atoms with Crippen molar-refractivity contribution in [2.75, 3.05) is 35.2 Å². The van der Waals surface area contributed by atoms with Crippen LogP contribution in [0.2, 0.25) is 0 Å². The summed E-state index contributed by atoms with van der Waals surface area (Å²) in [5.41, 5.74) is 14.2. The number of carbonyl (C=O) groups excluding carboxylic acids is 1. The number of aryl methyl sites for hydroxylation is 1. The molecule has 4 rings (SSSR count). The largest absolute Gasteiger partial charge is 0.397 e. The van der Waals surface area contributed by atoms with E-state index < -0.39 is 5.91 Å². The van der Waals surface area contributed by atoms with Crippen molar-refractivity contribution in [2.45, 2.75) is 45.6 Å². The highest BCUT2D eigenvalue weighted by Crippen LogP contribution is 2.37. The van der Waals surface area contributed by atoms with Gasteiger partial charge in [0.1, 0.15) is 15.5 Å². The van der Waals surface area contributed by atoms with Gasteiger partial charge in [0.15, 0.2) is 0 Å². The quantitative estimate of drug-likeness (QED) is 0.504. The Morgan fingerprint density at radius 2 is 2.06 bits per heavy atom. The topological polar surface area (TPSA) is 121 Å². The lowest BCUT2D eigenvalue weighted by molar-refractivity contribution is 0.100. The first-order chi connectivity index (χ1) is 15.4. The number of piperidine rings is 1. The van der Waals surface area contributed by atoms with Crippen molar-refractivity contribution in [3.63, 3.8) is 0 Å². The number of anilines is 3. The molecule has 0 unspecified atom stereocenters. The average molecular weight is 455 g/mol. The number of hydrogen-bond donors (Lipinski definition) is 3. The molecule has 0 aliphatic carbocycles. The average Bonchev–Trinajstić information content (AvgIpc) is 3.12. The van der Waals surface area contributed by atoms with Gasteiger partial charge in [-0.1, -0.05) is 13.3 Å². The molecule has 1 aliphatic heterocycles. The number of fused-ring (bicyclic) bond motifs is 1. The molecule has 3 aromatic heterocycles. The van der Waals surface area contributed by atoms with E-state index in [-0.39, 0.29) is 5.56 Å². The van der Waals surface area contributed by atoms with E-state index in [0.717, 1.165) is 72.6 Å². The van der Waals surface area contributed by atoms with E-state index >= 15 is 0 Å². The molecule has 9 heteroatoms. The highest BCUT2D eigenvalue weighted by Gasteiger charge is 2.26. The summed E-state index contributed by atoms with van der Waals surface area (Å²) in [6, 6.07) is 6.12. The fraction of sp³-hybridized carbons (Fsp3) is 0.435. The van der Waals surface area contributed by atoms with Crippen LogP contribution in [0.1, 0.15) is 48.3 Å². The first-order valence-electron chi connectivity index (χ1n) is 11.1. The minimum absolute atomic E-state index is 0.0788. The van der Waals surface area contributed by atoms with Gasteiger partial charge in [-0.3, -0.25) is 9.59 Å². The van der Waals surface area contributed by atoms with Gasteiger partial charge in [0.2, 0.25) is 5.56 Å². The van der Waals surface area contributed by atoms with Crippen LogP contribution in [-0.2, 0) is 6.42 Å². The van der Waals surface area contributed by atoms with E-state index in [1.807, 2.05) is 6.07 Å². The second-order valence-corrected chi connectivity index (χ2v) is 9.19. The lowest BCUT2D eigenvalue weighted by atomic mass is 10.0. The monoisotopic (exact) mass is 454 g/mol. The van der Waals surface area contributed by atoms with Crippen LogP contribution in [0.5, 0.6) is 0 Å². The minimum Gasteiger partial charge on any atom is -0.397 e. The maximum atomic E-state index is 11.8. The molecular weight excluding hydrogens is 424 g/mol. The van der Waals surface area contributed by atoms with Gasteiger partial charge in [-0.25, -0.2) is 4.98 Å². The number of aromatic amines is 1. The number of primary amides is 1. The van der Waals surface area contributed by atoms with Crippen molar-refractivity contribution in [2.24, 2.45) is 5.73 Å². The van der Waals surface area contributed by atoms with Crippen molar-refractivity contribution < 1.29 is 4.79 Å². The van der Waals surface area contributed by atoms with Crippen LogP contribution in [0.25, 0.3) is 10.2 Å². The molecular formula is C23H30N6O2S. The van der Waals surface area contributed by atoms with Gasteiger partial charge >= 0.3 is 0 Å². The molecule has 0 spiro atoms. The number of nitrogen functional groups attached to an aromatic ring is 1. The number of nitrogens with one attached hydrogen (secondary N) is 1. The molecule has 32 heavy (non-hydrogen) atoms. The van der Waals surface area contributed by atoms with Crippen molar-refractivity contribution >= 4 is 44.7 Å². The zero-order chi connectivity index (χ0) is 22.8. The normalized spacial score (nSPS) is 14.8. The molecule has 8 nitrogen and oxygen atoms in total. The van der Waals surface area contributed by atoms with Gasteiger partial charge < -0.3 is 26.3 Å². The number of rotatable bonds is 7. The Labute approximate surface area is 191 Å². The number of aromatic nitrogens is 2. The highest BCUT2D eigenvalue weighted by atomic mass is 32.1. The Balaban J connectivity index is 1.58. The smallest absolute Gasteiger partial charge is 0.260 e. The maximum Gasteiger partial charge on any atom is 0.260 e. The number of hydrogen-bond acceptors (Lipinski definition) is 7. The summed E-state index contributed by atoms with van der Waals surface area (Å²) in [6.07, 6.45) is 5.50. The van der Waals surface area contributed by atoms with Gasteiger partial charge in [-0.05, 0) is 43.9 Å². The second kappa shape index (κ2) is 9.20. The molecule has 1 aliphatic rings. The summed E-state index contributed by atoms with van der Waals surface area (Å²) in [6.45, 7) is 6.85. The van der Waals surface area contributed by atoms with Crippen molar-refractivity contribution in [3.8, 4) is 0 Å². The molecule has 1 saturated heterocycles. The van der Waals surface area contributed by atoms with E-state index in [2.05, 4.69) is 34.7 Å². The summed E-state index contributed by atoms with van der Waals surface area (Å²) in [5, 5.41) is 0.871. The summed E-state index contributed by atoms with van der Waals surface area (Å²) in [4.78, 5) is 36.9. The van der Waals surface area contributed by atoms with E-state index in [9.17, 15) is 9.59 Å². The molecule has 0 radical (unpaired) electrons. The Morgan fingerprint density at radius 3 is 2.69 bits per heavy atom. The third-order valence-corrected chi connectivity index (χ3v) is 7.28. The van der Waals surface area contributed by atoms with Crippen LogP contribution in [0.3, 0.4) is 0 Å². The summed E-state index contributed by atoms with van der Waals surface area (Å²) >= 11 is 1.28. The molecule has 1 amide bonds. The van der Waals surface area contributed by atoms with Crippen LogP contribution in [0, 0.1) is 0 Å². The molecule has 0 atom stereocenters. The van der Waals surface area contributed by atoms with Crippen molar-refractivity contribution in [3.05, 3.63) is 45.2 Å². The maximum absolute atomic E-state index is 11.8. The first-order valence-corrected chi connectivity index (χ1v) is 12.0. The third kappa shape index (κ3) is 4.17.